The molecule has 2 aromatic carbocycles. The molecule has 5 heteroatoms. The lowest BCUT2D eigenvalue weighted by atomic mass is 9.90. The van der Waals surface area contributed by atoms with E-state index in [0.29, 0.717) is 11.4 Å². The molecule has 3 nitrogen and oxygen atoms in total. The predicted molar refractivity (Wildman–Crippen MR) is 106 cm³/mol. The summed E-state index contributed by atoms with van der Waals surface area (Å²) in [5.74, 6) is -0.277. The zero-order valence-electron chi connectivity index (χ0n) is 14.6. The maximum absolute atomic E-state index is 13.3. The van der Waals surface area contributed by atoms with Gasteiger partial charge in [-0.1, -0.05) is 12.1 Å². The molecule has 27 heavy (non-hydrogen) atoms. The van der Waals surface area contributed by atoms with Crippen molar-refractivity contribution in [3.8, 4) is 22.5 Å². The SMILES string of the molecule is O=Cc1c(-c2ccc3c(c2)CCCC3)nc2scc(-c3ccc(F)cc3)n12. The van der Waals surface area contributed by atoms with E-state index in [4.69, 9.17) is 4.98 Å². The van der Waals surface area contributed by atoms with Crippen LogP contribution >= 0.6 is 11.3 Å². The zero-order valence-corrected chi connectivity index (χ0v) is 15.4. The molecule has 1 aliphatic rings. The molecule has 134 valence electrons. The van der Waals surface area contributed by atoms with Crippen molar-refractivity contribution in [1.82, 2.24) is 9.38 Å². The molecule has 1 aliphatic carbocycles. The van der Waals surface area contributed by atoms with Crippen LogP contribution in [0.3, 0.4) is 0 Å². The molecular formula is C22H17FN2OS. The summed E-state index contributed by atoms with van der Waals surface area (Å²) in [6, 6.07) is 12.7. The minimum atomic E-state index is -0.277. The van der Waals surface area contributed by atoms with Crippen LogP contribution in [-0.2, 0) is 12.8 Å². The third kappa shape index (κ3) is 2.70. The maximum atomic E-state index is 13.3. The second-order valence-corrected chi connectivity index (χ2v) is 7.74. The molecule has 2 heterocycles. The number of thiazole rings is 1. The van der Waals surface area contributed by atoms with E-state index in [9.17, 15) is 9.18 Å². The van der Waals surface area contributed by atoms with Crippen molar-refractivity contribution in [2.75, 3.05) is 0 Å². The van der Waals surface area contributed by atoms with E-state index in [-0.39, 0.29) is 5.82 Å². The predicted octanol–water partition coefficient (Wildman–Crippen LogP) is 5.56. The monoisotopic (exact) mass is 376 g/mol. The third-order valence-electron chi connectivity index (χ3n) is 5.27. The summed E-state index contributed by atoms with van der Waals surface area (Å²) in [4.78, 5) is 17.5. The van der Waals surface area contributed by atoms with Crippen LogP contribution in [0.2, 0.25) is 0 Å². The standard InChI is InChI=1S/C22H17FN2OS/c23-18-9-7-15(8-10-18)20-13-27-22-24-21(19(12-26)25(20)22)17-6-5-14-3-1-2-4-16(14)11-17/h5-13H,1-4H2. The summed E-state index contributed by atoms with van der Waals surface area (Å²) in [7, 11) is 0. The molecule has 0 amide bonds. The minimum absolute atomic E-state index is 0.277. The largest absolute Gasteiger partial charge is 0.296 e. The number of aldehydes is 1. The Morgan fingerprint density at radius 3 is 2.52 bits per heavy atom. The fourth-order valence-electron chi connectivity index (χ4n) is 3.90. The summed E-state index contributed by atoms with van der Waals surface area (Å²) in [5, 5.41) is 1.96. The van der Waals surface area contributed by atoms with Gasteiger partial charge in [-0.05, 0) is 72.7 Å². The summed E-state index contributed by atoms with van der Waals surface area (Å²) in [6.45, 7) is 0. The molecule has 0 aliphatic heterocycles. The average Bonchev–Trinajstić information content (AvgIpc) is 3.27. The van der Waals surface area contributed by atoms with Gasteiger partial charge in [0, 0.05) is 10.9 Å². The number of halogens is 1. The topological polar surface area (TPSA) is 34.4 Å². The molecule has 0 spiro atoms. The number of aryl methyl sites for hydroxylation is 2. The van der Waals surface area contributed by atoms with E-state index in [1.807, 2.05) is 9.78 Å². The second-order valence-electron chi connectivity index (χ2n) is 6.90. The van der Waals surface area contributed by atoms with E-state index in [2.05, 4.69) is 18.2 Å². The highest BCUT2D eigenvalue weighted by Crippen LogP contribution is 2.34. The quantitative estimate of drug-likeness (QED) is 0.439. The summed E-state index contributed by atoms with van der Waals surface area (Å²) >= 11 is 1.49. The summed E-state index contributed by atoms with van der Waals surface area (Å²) in [5.41, 5.74) is 6.74. The number of hydrogen-bond acceptors (Lipinski definition) is 3. The first-order valence-corrected chi connectivity index (χ1v) is 9.96. The van der Waals surface area contributed by atoms with E-state index in [1.54, 1.807) is 12.1 Å². The van der Waals surface area contributed by atoms with Crippen LogP contribution in [0.4, 0.5) is 4.39 Å². The number of rotatable bonds is 3. The molecule has 0 fully saturated rings. The molecule has 0 bridgehead atoms. The van der Waals surface area contributed by atoms with Crippen LogP contribution in [-0.4, -0.2) is 15.7 Å². The van der Waals surface area contributed by atoms with Crippen LogP contribution in [0.5, 0.6) is 0 Å². The minimum Gasteiger partial charge on any atom is -0.296 e. The lowest BCUT2D eigenvalue weighted by Crippen LogP contribution is -2.02. The third-order valence-corrected chi connectivity index (χ3v) is 6.10. The highest BCUT2D eigenvalue weighted by molar-refractivity contribution is 7.15. The smallest absolute Gasteiger partial charge is 0.195 e. The number of carbonyl (C=O) groups is 1. The first kappa shape index (κ1) is 16.4. The summed E-state index contributed by atoms with van der Waals surface area (Å²) < 4.78 is 15.2. The van der Waals surface area contributed by atoms with Gasteiger partial charge in [-0.2, -0.15) is 0 Å². The average molecular weight is 376 g/mol. The van der Waals surface area contributed by atoms with Gasteiger partial charge in [-0.25, -0.2) is 9.37 Å². The highest BCUT2D eigenvalue weighted by Gasteiger charge is 2.20. The maximum Gasteiger partial charge on any atom is 0.195 e. The van der Waals surface area contributed by atoms with Crippen LogP contribution in [0.15, 0.2) is 47.8 Å². The number of benzene rings is 2. The Balaban J connectivity index is 1.68. The van der Waals surface area contributed by atoms with E-state index >= 15 is 0 Å². The Kier molecular flexibility index (Phi) is 3.90. The Hall–Kier alpha value is -2.79. The number of nitrogens with zero attached hydrogens (tertiary/aromatic N) is 2. The lowest BCUT2D eigenvalue weighted by Gasteiger charge is -2.16. The molecule has 2 aromatic heterocycles. The number of carbonyl (C=O) groups excluding carboxylic acids is 1. The van der Waals surface area contributed by atoms with Crippen molar-refractivity contribution in [1.29, 1.82) is 0 Å². The fourth-order valence-corrected chi connectivity index (χ4v) is 4.81. The highest BCUT2D eigenvalue weighted by atomic mass is 32.1. The van der Waals surface area contributed by atoms with Crippen molar-refractivity contribution in [3.05, 3.63) is 70.5 Å². The summed E-state index contributed by atoms with van der Waals surface area (Å²) in [6.07, 6.45) is 5.54. The molecule has 0 saturated carbocycles. The van der Waals surface area contributed by atoms with Gasteiger partial charge in [-0.15, -0.1) is 11.3 Å². The van der Waals surface area contributed by atoms with E-state index in [0.717, 1.165) is 40.9 Å². The molecular weight excluding hydrogens is 359 g/mol. The van der Waals surface area contributed by atoms with Crippen molar-refractivity contribution < 1.29 is 9.18 Å². The van der Waals surface area contributed by atoms with E-state index in [1.165, 1.54) is 47.4 Å². The van der Waals surface area contributed by atoms with Crippen LogP contribution in [0.1, 0.15) is 34.5 Å². The molecule has 0 atom stereocenters. The van der Waals surface area contributed by atoms with Crippen molar-refractivity contribution >= 4 is 22.6 Å². The molecule has 0 radical (unpaired) electrons. The molecule has 5 rings (SSSR count). The van der Waals surface area contributed by atoms with Crippen LogP contribution in [0.25, 0.3) is 27.5 Å². The normalized spacial score (nSPS) is 13.7. The Labute approximate surface area is 160 Å². The Bertz CT molecular complexity index is 1160. The number of imidazole rings is 1. The van der Waals surface area contributed by atoms with Gasteiger partial charge < -0.3 is 0 Å². The van der Waals surface area contributed by atoms with Crippen LogP contribution < -0.4 is 0 Å². The first-order chi connectivity index (χ1) is 13.2. The zero-order chi connectivity index (χ0) is 18.4. The van der Waals surface area contributed by atoms with Gasteiger partial charge in [0.15, 0.2) is 11.2 Å². The van der Waals surface area contributed by atoms with Crippen molar-refractivity contribution in [3.63, 3.8) is 0 Å². The molecule has 0 unspecified atom stereocenters. The first-order valence-electron chi connectivity index (χ1n) is 9.08. The van der Waals surface area contributed by atoms with E-state index < -0.39 is 0 Å². The number of fused-ring (bicyclic) bond motifs is 2. The lowest BCUT2D eigenvalue weighted by molar-refractivity contribution is 0.111. The van der Waals surface area contributed by atoms with Gasteiger partial charge in [-0.3, -0.25) is 9.20 Å². The second kappa shape index (κ2) is 6.43. The molecule has 0 saturated heterocycles. The van der Waals surface area contributed by atoms with Crippen molar-refractivity contribution in [2.45, 2.75) is 25.7 Å². The molecule has 4 aromatic rings. The van der Waals surface area contributed by atoms with Crippen LogP contribution in [0, 0.1) is 5.82 Å². The number of hydrogen-bond donors (Lipinski definition) is 0. The Morgan fingerprint density at radius 2 is 1.74 bits per heavy atom. The van der Waals surface area contributed by atoms with Gasteiger partial charge in [0.1, 0.15) is 17.2 Å². The van der Waals surface area contributed by atoms with Gasteiger partial charge >= 0.3 is 0 Å². The van der Waals surface area contributed by atoms with Gasteiger partial charge in [0.2, 0.25) is 0 Å². The fraction of sp³-hybridized carbons (Fsp3) is 0.182. The molecule has 0 N–H and O–H groups in total. The number of aromatic nitrogens is 2. The van der Waals surface area contributed by atoms with Crippen molar-refractivity contribution in [2.24, 2.45) is 0 Å². The van der Waals surface area contributed by atoms with Gasteiger partial charge in [0.05, 0.1) is 5.69 Å². The Morgan fingerprint density at radius 1 is 1.00 bits per heavy atom. The van der Waals surface area contributed by atoms with Gasteiger partial charge in [0.25, 0.3) is 0 Å².